The number of aliphatic hydroxyl groups excluding tert-OH is 2. The summed E-state index contributed by atoms with van der Waals surface area (Å²) in [5.41, 5.74) is 2.74. The number of likely N-dealkylation sites (N-methyl/N-ethyl adjacent to an activating group) is 1. The molecule has 292 valence electrons. The lowest BCUT2D eigenvalue weighted by atomic mass is 9.55. The molecule has 1 saturated carbocycles. The lowest BCUT2D eigenvalue weighted by Crippen LogP contribution is -2.70. The van der Waals surface area contributed by atoms with Crippen molar-refractivity contribution in [2.45, 2.75) is 88.9 Å². The van der Waals surface area contributed by atoms with Crippen LogP contribution >= 0.6 is 0 Å². The third-order valence-electron chi connectivity index (χ3n) is 11.2. The first-order chi connectivity index (χ1) is 25.8. The minimum atomic E-state index is -1.31. The molecule has 2 heterocycles. The van der Waals surface area contributed by atoms with E-state index in [1.54, 1.807) is 24.1 Å². The maximum atomic E-state index is 14.0. The Labute approximate surface area is 314 Å². The third kappa shape index (κ3) is 9.09. The lowest BCUT2D eigenvalue weighted by Gasteiger charge is -2.59. The molecule has 1 aromatic carbocycles. The van der Waals surface area contributed by atoms with Crippen LogP contribution < -0.4 is 14.8 Å². The standard InChI is InChI=1S/C41H60N4O8/c1-5-24-50-30-17-18-35-33(27-30)38-31(15-9-11-23-47)29(14-8-10-22-46)26-32-34(43-52-7-3)28-36(41(53-35,39(32)38)51-25-6-2)44(4)40(49)42-19-13-21-45-20-12-16-37(45)48/h5-6,17-18,26-27,29,31,36,38-39,46-47H,1-2,7-16,19-25,28H2,3-4H3,(H,42,49)/t29-,31+,36-,38+,39+,41+/m0/s1. The molecule has 2 fully saturated rings. The van der Waals surface area contributed by atoms with Gasteiger partial charge < -0.3 is 44.4 Å². The molecule has 12 nitrogen and oxygen atoms in total. The van der Waals surface area contributed by atoms with Crippen LogP contribution in [0.3, 0.4) is 0 Å². The number of benzene rings is 1. The molecule has 2 aliphatic carbocycles. The number of likely N-dealkylation sites (tertiary alicyclic amines) is 1. The Hall–Kier alpha value is -3.87. The number of hydrogen-bond donors (Lipinski definition) is 3. The number of oxime groups is 1. The molecule has 53 heavy (non-hydrogen) atoms. The van der Waals surface area contributed by atoms with Gasteiger partial charge in [-0.05, 0) is 81.1 Å². The number of carbonyl (C=O) groups is 2. The Kier molecular flexibility index (Phi) is 14.8. The predicted molar refractivity (Wildman–Crippen MR) is 204 cm³/mol. The average molecular weight is 737 g/mol. The first kappa shape index (κ1) is 40.3. The summed E-state index contributed by atoms with van der Waals surface area (Å²) in [6.07, 6.45) is 13.0. The fraction of sp³-hybridized carbons (Fsp3) is 0.634. The van der Waals surface area contributed by atoms with Gasteiger partial charge in [0.15, 0.2) is 0 Å². The summed E-state index contributed by atoms with van der Waals surface area (Å²) in [5.74, 6) is -0.0131. The number of hydrogen-bond acceptors (Lipinski definition) is 9. The average Bonchev–Trinajstić information content (AvgIpc) is 3.58. The topological polar surface area (TPSA) is 142 Å². The highest BCUT2D eigenvalue weighted by atomic mass is 16.7. The highest BCUT2D eigenvalue weighted by Crippen LogP contribution is 2.61. The molecule has 1 saturated heterocycles. The maximum absolute atomic E-state index is 14.0. The minimum Gasteiger partial charge on any atom is -0.490 e. The summed E-state index contributed by atoms with van der Waals surface area (Å²) in [6.45, 7) is 12.7. The number of fused-ring (bicyclic) bond motifs is 2. The molecule has 0 radical (unpaired) electrons. The third-order valence-corrected chi connectivity index (χ3v) is 11.2. The fourth-order valence-corrected chi connectivity index (χ4v) is 8.79. The molecule has 5 rings (SSSR count). The zero-order chi connectivity index (χ0) is 37.8. The van der Waals surface area contributed by atoms with Crippen molar-refractivity contribution in [1.82, 2.24) is 15.1 Å². The van der Waals surface area contributed by atoms with E-state index in [-0.39, 0.29) is 55.4 Å². The van der Waals surface area contributed by atoms with Crippen LogP contribution in [-0.4, -0.2) is 109 Å². The van der Waals surface area contributed by atoms with Crippen LogP contribution in [0, 0.1) is 17.8 Å². The highest BCUT2D eigenvalue weighted by Gasteiger charge is 2.65. The molecule has 2 aliphatic heterocycles. The number of allylic oxidation sites excluding steroid dienone is 1. The molecule has 0 bridgehead atoms. The number of amides is 3. The van der Waals surface area contributed by atoms with Crippen LogP contribution in [0.4, 0.5) is 4.79 Å². The molecule has 3 N–H and O–H groups in total. The van der Waals surface area contributed by atoms with E-state index >= 15 is 0 Å². The normalized spacial score (nSPS) is 26.6. The van der Waals surface area contributed by atoms with Gasteiger partial charge in [0.05, 0.1) is 18.2 Å². The maximum Gasteiger partial charge on any atom is 0.317 e. The molecule has 4 aliphatic rings. The quantitative estimate of drug-likeness (QED) is 0.0847. The zero-order valence-corrected chi connectivity index (χ0v) is 31.7. The van der Waals surface area contributed by atoms with E-state index in [0.717, 1.165) is 55.5 Å². The van der Waals surface area contributed by atoms with Crippen molar-refractivity contribution >= 4 is 17.6 Å². The van der Waals surface area contributed by atoms with Crippen molar-refractivity contribution in [2.24, 2.45) is 22.9 Å². The van der Waals surface area contributed by atoms with Crippen LogP contribution in [0.25, 0.3) is 0 Å². The second-order valence-electron chi connectivity index (χ2n) is 14.5. The fourth-order valence-electron chi connectivity index (χ4n) is 8.79. The van der Waals surface area contributed by atoms with Crippen molar-refractivity contribution in [3.8, 4) is 11.5 Å². The Balaban J connectivity index is 1.61. The number of nitrogens with zero attached hydrogens (tertiary/aromatic N) is 3. The number of rotatable bonds is 21. The number of ether oxygens (including phenoxy) is 3. The SMILES string of the molecule is C=CCOc1ccc2c(c1)[C@H]1[C@H](CCCCO)[C@@H](CCCCO)C=C3C(=NOCC)C[C@H](N(C)C(=O)NCCCN4CCCC4=O)[C@@](OCC=C)(O2)[C@H]31. The molecule has 6 atom stereocenters. The predicted octanol–water partition coefficient (Wildman–Crippen LogP) is 5.56. The van der Waals surface area contributed by atoms with Crippen LogP contribution in [0.2, 0.25) is 0 Å². The van der Waals surface area contributed by atoms with Crippen LogP contribution in [0.1, 0.15) is 82.6 Å². The van der Waals surface area contributed by atoms with Crippen molar-refractivity contribution in [3.05, 3.63) is 60.7 Å². The molecule has 12 heteroatoms. The smallest absolute Gasteiger partial charge is 0.317 e. The van der Waals surface area contributed by atoms with E-state index in [9.17, 15) is 19.8 Å². The second-order valence-corrected chi connectivity index (χ2v) is 14.5. The molecule has 1 aromatic rings. The highest BCUT2D eigenvalue weighted by molar-refractivity contribution is 6.03. The van der Waals surface area contributed by atoms with Gasteiger partial charge in [-0.15, -0.1) is 6.58 Å². The van der Waals surface area contributed by atoms with E-state index < -0.39 is 11.8 Å². The monoisotopic (exact) mass is 736 g/mol. The van der Waals surface area contributed by atoms with Gasteiger partial charge in [-0.1, -0.05) is 42.8 Å². The van der Waals surface area contributed by atoms with Gasteiger partial charge >= 0.3 is 6.03 Å². The van der Waals surface area contributed by atoms with E-state index in [2.05, 4.69) is 30.6 Å². The number of aliphatic hydroxyl groups is 2. The molecule has 0 unspecified atom stereocenters. The largest absolute Gasteiger partial charge is 0.490 e. The molecular formula is C41H60N4O8. The number of nitrogens with one attached hydrogen (secondary N) is 1. The summed E-state index contributed by atoms with van der Waals surface area (Å²) < 4.78 is 20.1. The number of carbonyl (C=O) groups excluding carboxylic acids is 2. The Morgan fingerprint density at radius 1 is 1.13 bits per heavy atom. The van der Waals surface area contributed by atoms with E-state index in [1.165, 1.54) is 0 Å². The Morgan fingerprint density at radius 2 is 1.91 bits per heavy atom. The summed E-state index contributed by atoms with van der Waals surface area (Å²) in [4.78, 5) is 35.5. The number of unbranched alkanes of at least 4 members (excludes halogenated alkanes) is 2. The van der Waals surface area contributed by atoms with Crippen LogP contribution in [0.5, 0.6) is 11.5 Å². The van der Waals surface area contributed by atoms with Gasteiger partial charge in [-0.2, -0.15) is 0 Å². The van der Waals surface area contributed by atoms with E-state index in [0.29, 0.717) is 69.9 Å². The summed E-state index contributed by atoms with van der Waals surface area (Å²) >= 11 is 0. The van der Waals surface area contributed by atoms with Gasteiger partial charge in [-0.25, -0.2) is 4.79 Å². The summed E-state index contributed by atoms with van der Waals surface area (Å²) in [5, 5.41) is 27.3. The van der Waals surface area contributed by atoms with E-state index in [1.807, 2.05) is 24.0 Å². The van der Waals surface area contributed by atoms with Gasteiger partial charge in [-0.3, -0.25) is 4.79 Å². The first-order valence-corrected chi connectivity index (χ1v) is 19.6. The Bertz CT molecular complexity index is 1480. The van der Waals surface area contributed by atoms with Crippen LogP contribution in [0.15, 0.2) is 60.3 Å². The van der Waals surface area contributed by atoms with Crippen molar-refractivity contribution < 1.29 is 38.9 Å². The molecule has 0 spiro atoms. The van der Waals surface area contributed by atoms with Gasteiger partial charge in [0.1, 0.15) is 30.8 Å². The van der Waals surface area contributed by atoms with Gasteiger partial charge in [0.2, 0.25) is 11.7 Å². The minimum absolute atomic E-state index is 0.115. The molecular weight excluding hydrogens is 676 g/mol. The summed E-state index contributed by atoms with van der Waals surface area (Å²) in [7, 11) is 1.77. The van der Waals surface area contributed by atoms with E-state index in [4.69, 9.17) is 24.2 Å². The molecule has 3 amide bonds. The Morgan fingerprint density at radius 3 is 2.60 bits per heavy atom. The first-order valence-electron chi connectivity index (χ1n) is 19.6. The molecule has 0 aromatic heterocycles. The second kappa shape index (κ2) is 19.5. The van der Waals surface area contributed by atoms with Crippen molar-refractivity contribution in [3.63, 3.8) is 0 Å². The van der Waals surface area contributed by atoms with Crippen molar-refractivity contribution in [1.29, 1.82) is 0 Å². The number of urea groups is 1. The van der Waals surface area contributed by atoms with Gasteiger partial charge in [0, 0.05) is 64.2 Å². The van der Waals surface area contributed by atoms with Crippen molar-refractivity contribution in [2.75, 3.05) is 59.7 Å². The summed E-state index contributed by atoms with van der Waals surface area (Å²) in [6, 6.07) is 5.01. The zero-order valence-electron chi connectivity index (χ0n) is 31.7. The van der Waals surface area contributed by atoms with Crippen LogP contribution in [-0.2, 0) is 14.4 Å². The lowest BCUT2D eigenvalue weighted by molar-refractivity contribution is -0.252. The van der Waals surface area contributed by atoms with Gasteiger partial charge in [0.25, 0.3) is 0 Å².